The third kappa shape index (κ3) is 2.43. The molecule has 0 spiro atoms. The van der Waals surface area contributed by atoms with Crippen molar-refractivity contribution >= 4 is 11.9 Å². The van der Waals surface area contributed by atoms with E-state index in [9.17, 15) is 14.7 Å². The lowest BCUT2D eigenvalue weighted by atomic mass is 9.69. The first-order valence-corrected chi connectivity index (χ1v) is 7.45. The normalized spacial score (nSPS) is 35.4. The molecule has 0 aromatic heterocycles. The minimum absolute atomic E-state index is 0.153. The highest BCUT2D eigenvalue weighted by Crippen LogP contribution is 2.43. The van der Waals surface area contributed by atoms with Crippen molar-refractivity contribution in [3.8, 4) is 0 Å². The number of aliphatic carboxylic acids is 1. The molecule has 2 rings (SSSR count). The summed E-state index contributed by atoms with van der Waals surface area (Å²) in [5, 5.41) is 12.5. The van der Waals surface area contributed by atoms with Crippen molar-refractivity contribution in [2.24, 2.45) is 11.3 Å². The van der Waals surface area contributed by atoms with Crippen LogP contribution in [0.15, 0.2) is 0 Å². The number of amides is 1. The average Bonchev–Trinajstić information content (AvgIpc) is 3.18. The molecule has 0 saturated heterocycles. The summed E-state index contributed by atoms with van der Waals surface area (Å²) >= 11 is 0. The van der Waals surface area contributed by atoms with Gasteiger partial charge in [-0.2, -0.15) is 0 Å². The van der Waals surface area contributed by atoms with E-state index >= 15 is 0 Å². The van der Waals surface area contributed by atoms with Gasteiger partial charge in [0.2, 0.25) is 5.91 Å². The molecule has 0 aliphatic heterocycles. The van der Waals surface area contributed by atoms with Crippen LogP contribution < -0.4 is 5.32 Å². The molecular formula is C15H26N2O3. The first kappa shape index (κ1) is 15.3. The summed E-state index contributed by atoms with van der Waals surface area (Å²) in [5.41, 5.74) is -0.984. The van der Waals surface area contributed by atoms with Gasteiger partial charge >= 0.3 is 5.97 Å². The smallest absolute Gasteiger partial charge is 0.309 e. The van der Waals surface area contributed by atoms with Crippen molar-refractivity contribution in [2.75, 3.05) is 14.1 Å². The number of hydrogen-bond acceptors (Lipinski definition) is 3. The second-order valence-corrected chi connectivity index (χ2v) is 6.90. The summed E-state index contributed by atoms with van der Waals surface area (Å²) in [6.45, 7) is 3.88. The van der Waals surface area contributed by atoms with Crippen molar-refractivity contribution in [3.63, 3.8) is 0 Å². The van der Waals surface area contributed by atoms with Crippen molar-refractivity contribution in [1.29, 1.82) is 0 Å². The highest BCUT2D eigenvalue weighted by Gasteiger charge is 2.52. The molecule has 0 radical (unpaired) electrons. The van der Waals surface area contributed by atoms with Crippen molar-refractivity contribution < 1.29 is 14.7 Å². The number of nitrogens with one attached hydrogen (secondary N) is 1. The highest BCUT2D eigenvalue weighted by atomic mass is 16.4. The Morgan fingerprint density at radius 2 is 1.90 bits per heavy atom. The number of nitrogens with zero attached hydrogens (tertiary/aromatic N) is 1. The van der Waals surface area contributed by atoms with Crippen LogP contribution in [-0.2, 0) is 9.59 Å². The summed E-state index contributed by atoms with van der Waals surface area (Å²) in [6.07, 6.45) is 3.85. The van der Waals surface area contributed by atoms with Gasteiger partial charge < -0.3 is 15.3 Å². The molecule has 1 amide bonds. The first-order chi connectivity index (χ1) is 9.26. The molecule has 2 saturated carbocycles. The Balaban J connectivity index is 2.04. The third-order valence-corrected chi connectivity index (χ3v) is 5.39. The zero-order chi connectivity index (χ0) is 15.1. The van der Waals surface area contributed by atoms with E-state index in [1.54, 1.807) is 0 Å². The van der Waals surface area contributed by atoms with Gasteiger partial charge in [-0.15, -0.1) is 0 Å². The topological polar surface area (TPSA) is 69.6 Å². The van der Waals surface area contributed by atoms with Crippen LogP contribution in [0.2, 0.25) is 0 Å². The number of carbonyl (C=O) groups excluding carboxylic acids is 1. The van der Waals surface area contributed by atoms with E-state index in [-0.39, 0.29) is 23.4 Å². The molecule has 5 heteroatoms. The molecule has 114 valence electrons. The van der Waals surface area contributed by atoms with Gasteiger partial charge in [0.05, 0.1) is 11.0 Å². The molecular weight excluding hydrogens is 256 g/mol. The zero-order valence-electron chi connectivity index (χ0n) is 12.9. The van der Waals surface area contributed by atoms with Gasteiger partial charge in [0, 0.05) is 13.1 Å². The maximum absolute atomic E-state index is 12.5. The van der Waals surface area contributed by atoms with E-state index in [1.807, 2.05) is 25.9 Å². The number of carbonyl (C=O) groups is 2. The molecule has 0 unspecified atom stereocenters. The largest absolute Gasteiger partial charge is 0.481 e. The maximum atomic E-state index is 12.5. The Bertz CT molecular complexity index is 419. The van der Waals surface area contributed by atoms with E-state index < -0.39 is 11.4 Å². The Labute approximate surface area is 120 Å². The number of carboxylic acid groups (broad SMARTS) is 1. The minimum atomic E-state index is -0.717. The monoisotopic (exact) mass is 282 g/mol. The van der Waals surface area contributed by atoms with E-state index in [4.69, 9.17) is 0 Å². The van der Waals surface area contributed by atoms with Crippen molar-refractivity contribution in [3.05, 3.63) is 0 Å². The molecule has 5 nitrogen and oxygen atoms in total. The van der Waals surface area contributed by atoms with Gasteiger partial charge in [-0.25, -0.2) is 0 Å². The number of rotatable bonds is 4. The molecule has 2 aliphatic carbocycles. The Hall–Kier alpha value is -1.10. The fourth-order valence-electron chi connectivity index (χ4n) is 3.65. The van der Waals surface area contributed by atoms with Crippen LogP contribution in [-0.4, -0.2) is 47.6 Å². The molecule has 3 atom stereocenters. The van der Waals surface area contributed by atoms with Crippen LogP contribution in [0, 0.1) is 11.3 Å². The molecule has 0 aromatic rings. The molecule has 0 aromatic carbocycles. The second kappa shape index (κ2) is 5.02. The van der Waals surface area contributed by atoms with Gasteiger partial charge in [-0.05, 0) is 52.0 Å². The predicted octanol–water partition coefficient (Wildman–Crippen LogP) is 1.48. The zero-order valence-corrected chi connectivity index (χ0v) is 12.9. The second-order valence-electron chi connectivity index (χ2n) is 6.90. The summed E-state index contributed by atoms with van der Waals surface area (Å²) in [4.78, 5) is 25.8. The van der Waals surface area contributed by atoms with Crippen molar-refractivity contribution in [2.45, 2.75) is 57.5 Å². The standard InChI is InChI=1S/C15H26N2O3/c1-10-9-14(2,13(19)20)6-5-11(10)17(4)12(18)15(16-3)7-8-15/h10-11,16H,5-9H2,1-4H3,(H,19,20)/t10-,11+,14+/m0/s1. The van der Waals surface area contributed by atoms with Gasteiger partial charge in [-0.1, -0.05) is 6.92 Å². The molecule has 2 fully saturated rings. The molecule has 20 heavy (non-hydrogen) atoms. The summed E-state index contributed by atoms with van der Waals surface area (Å²) in [7, 11) is 3.70. The number of likely N-dealkylation sites (N-methyl/N-ethyl adjacent to an activating group) is 2. The quantitative estimate of drug-likeness (QED) is 0.819. The fraction of sp³-hybridized carbons (Fsp3) is 0.867. The van der Waals surface area contributed by atoms with Crippen LogP contribution in [0.4, 0.5) is 0 Å². The SMILES string of the molecule is CNC1(C(=O)N(C)[C@@H]2CC[C@@](C)(C(=O)O)C[C@@H]2C)CC1. The highest BCUT2D eigenvalue weighted by molar-refractivity contribution is 5.89. The van der Waals surface area contributed by atoms with Crippen LogP contribution >= 0.6 is 0 Å². The number of carboxylic acids is 1. The predicted molar refractivity (Wildman–Crippen MR) is 76.3 cm³/mol. The van der Waals surface area contributed by atoms with E-state index in [0.29, 0.717) is 12.8 Å². The Kier molecular flexibility index (Phi) is 3.84. The van der Waals surface area contributed by atoms with Crippen LogP contribution in [0.25, 0.3) is 0 Å². The average molecular weight is 282 g/mol. The molecule has 0 heterocycles. The van der Waals surface area contributed by atoms with Crippen molar-refractivity contribution in [1.82, 2.24) is 10.2 Å². The molecule has 2 aliphatic rings. The summed E-state index contributed by atoms with van der Waals surface area (Å²) in [6, 6.07) is 0.153. The Morgan fingerprint density at radius 1 is 1.30 bits per heavy atom. The van der Waals surface area contributed by atoms with E-state index in [2.05, 4.69) is 12.2 Å². The fourth-order valence-corrected chi connectivity index (χ4v) is 3.65. The van der Waals surface area contributed by atoms with E-state index in [0.717, 1.165) is 19.3 Å². The minimum Gasteiger partial charge on any atom is -0.481 e. The summed E-state index contributed by atoms with van der Waals surface area (Å²) < 4.78 is 0. The van der Waals surface area contributed by atoms with Gasteiger partial charge in [0.1, 0.15) is 0 Å². The maximum Gasteiger partial charge on any atom is 0.309 e. The lowest BCUT2D eigenvalue weighted by molar-refractivity contribution is -0.152. The van der Waals surface area contributed by atoms with Crippen LogP contribution in [0.3, 0.4) is 0 Å². The lowest BCUT2D eigenvalue weighted by Crippen LogP contribution is -2.53. The molecule has 0 bridgehead atoms. The lowest BCUT2D eigenvalue weighted by Gasteiger charge is -2.43. The first-order valence-electron chi connectivity index (χ1n) is 7.45. The van der Waals surface area contributed by atoms with Crippen LogP contribution in [0.5, 0.6) is 0 Å². The van der Waals surface area contributed by atoms with Gasteiger partial charge in [0.25, 0.3) is 0 Å². The summed E-state index contributed by atoms with van der Waals surface area (Å²) in [5.74, 6) is -0.340. The molecule has 2 N–H and O–H groups in total. The third-order valence-electron chi connectivity index (χ3n) is 5.39. The number of hydrogen-bond donors (Lipinski definition) is 2. The Morgan fingerprint density at radius 3 is 2.30 bits per heavy atom. The van der Waals surface area contributed by atoms with Gasteiger partial charge in [-0.3, -0.25) is 9.59 Å². The van der Waals surface area contributed by atoms with Crippen LogP contribution in [0.1, 0.15) is 46.0 Å². The van der Waals surface area contributed by atoms with E-state index in [1.165, 1.54) is 0 Å². The van der Waals surface area contributed by atoms with Gasteiger partial charge in [0.15, 0.2) is 0 Å².